The lowest BCUT2D eigenvalue weighted by atomic mass is 9.45. The van der Waals surface area contributed by atoms with Gasteiger partial charge in [-0.1, -0.05) is 43.3 Å². The van der Waals surface area contributed by atoms with Crippen LogP contribution in [0.15, 0.2) is 53.9 Å². The molecule has 3 fully saturated rings. The van der Waals surface area contributed by atoms with E-state index in [2.05, 4.69) is 12.1 Å². The number of aliphatic carboxylic acids is 1. The van der Waals surface area contributed by atoms with Gasteiger partial charge in [0.15, 0.2) is 17.1 Å². The maximum atomic E-state index is 17.3. The van der Waals surface area contributed by atoms with Gasteiger partial charge < -0.3 is 10.2 Å². The van der Waals surface area contributed by atoms with Crippen molar-refractivity contribution in [3.05, 3.63) is 59.4 Å². The predicted molar refractivity (Wildman–Crippen MR) is 135 cm³/mol. The van der Waals surface area contributed by atoms with Crippen molar-refractivity contribution in [1.82, 2.24) is 5.06 Å². The maximum absolute atomic E-state index is 17.3. The van der Waals surface area contributed by atoms with Gasteiger partial charge in [-0.15, -0.1) is 0 Å². The molecule has 0 unspecified atom stereocenters. The summed E-state index contributed by atoms with van der Waals surface area (Å²) in [5.74, 6) is -3.75. The zero-order valence-electron chi connectivity index (χ0n) is 21.8. The van der Waals surface area contributed by atoms with Gasteiger partial charge >= 0.3 is 5.97 Å². The van der Waals surface area contributed by atoms with E-state index in [-0.39, 0.29) is 30.6 Å². The van der Waals surface area contributed by atoms with E-state index in [0.29, 0.717) is 19.5 Å². The number of rotatable bonds is 5. The van der Waals surface area contributed by atoms with Crippen LogP contribution in [0.2, 0.25) is 0 Å². The van der Waals surface area contributed by atoms with Crippen LogP contribution in [-0.4, -0.2) is 57.5 Å². The number of halogens is 2. The van der Waals surface area contributed by atoms with Crippen molar-refractivity contribution in [3.8, 4) is 0 Å². The molecule has 4 aliphatic carbocycles. The molecule has 0 radical (unpaired) electrons. The first-order chi connectivity index (χ1) is 18.0. The first kappa shape index (κ1) is 25.8. The number of carboxylic acids is 1. The normalized spacial score (nSPS) is 44.0. The summed E-state index contributed by atoms with van der Waals surface area (Å²) in [4.78, 5) is 31.4. The Balaban J connectivity index is 1.31. The number of hydrogen-bond donors (Lipinski definition) is 2. The van der Waals surface area contributed by atoms with Crippen LogP contribution >= 0.6 is 0 Å². The number of hydroxylamine groups is 2. The third kappa shape index (κ3) is 3.20. The van der Waals surface area contributed by atoms with Crippen molar-refractivity contribution in [3.63, 3.8) is 0 Å². The molecular weight excluding hydrogens is 492 g/mol. The zero-order valence-corrected chi connectivity index (χ0v) is 21.8. The number of fused-ring (bicyclic) bond motifs is 7. The minimum atomic E-state index is -2.22. The van der Waals surface area contributed by atoms with Crippen LogP contribution in [0.3, 0.4) is 0 Å². The quantitative estimate of drug-likeness (QED) is 0.583. The SMILES string of the molecule is C[C@]12C=CC(=O)CC1=C(F)C[C@H]1[C@@H]3C[C@H]4CN(CCCc5ccccc5)O[C@@]4(C(=O)O)[C@@]3(C)C[C@H](O)[C@@]12F. The number of carbonyl (C=O) groups excluding carboxylic acids is 1. The Morgan fingerprint density at radius 3 is 2.66 bits per heavy atom. The molecule has 8 heteroatoms. The molecule has 1 aromatic rings. The molecule has 0 aromatic heterocycles. The molecule has 1 saturated heterocycles. The highest BCUT2D eigenvalue weighted by Gasteiger charge is 2.79. The second kappa shape index (κ2) is 8.54. The number of aliphatic hydroxyl groups excluding tert-OH is 1. The molecule has 1 heterocycles. The monoisotopic (exact) mass is 527 g/mol. The number of ketones is 1. The lowest BCUT2D eigenvalue weighted by Crippen LogP contribution is -2.69. The van der Waals surface area contributed by atoms with Crippen molar-refractivity contribution >= 4 is 11.8 Å². The number of aryl methyl sites for hydroxylation is 1. The molecule has 6 nitrogen and oxygen atoms in total. The molecule has 5 aliphatic rings. The van der Waals surface area contributed by atoms with Crippen LogP contribution in [0.25, 0.3) is 0 Å². The lowest BCUT2D eigenvalue weighted by molar-refractivity contribution is -0.270. The first-order valence-corrected chi connectivity index (χ1v) is 13.7. The van der Waals surface area contributed by atoms with E-state index in [1.165, 1.54) is 17.7 Å². The summed E-state index contributed by atoms with van der Waals surface area (Å²) in [6.45, 7) is 4.29. The third-order valence-electron chi connectivity index (χ3n) is 10.7. The summed E-state index contributed by atoms with van der Waals surface area (Å²) in [5.41, 5.74) is -5.09. The van der Waals surface area contributed by atoms with E-state index in [4.69, 9.17) is 4.84 Å². The number of benzene rings is 1. The summed E-state index contributed by atoms with van der Waals surface area (Å²) in [6, 6.07) is 10.0. The summed E-state index contributed by atoms with van der Waals surface area (Å²) in [7, 11) is 0. The van der Waals surface area contributed by atoms with Crippen molar-refractivity contribution in [1.29, 1.82) is 0 Å². The highest BCUT2D eigenvalue weighted by atomic mass is 19.1. The Hall–Kier alpha value is -2.42. The number of allylic oxidation sites excluding steroid dienone is 4. The molecule has 0 spiro atoms. The number of carboxylic acid groups (broad SMARTS) is 1. The smallest absolute Gasteiger partial charge is 0.339 e. The van der Waals surface area contributed by atoms with Gasteiger partial charge in [0, 0.05) is 48.6 Å². The Bertz CT molecular complexity index is 1230. The molecule has 1 aliphatic heterocycles. The number of alkyl halides is 1. The van der Waals surface area contributed by atoms with Gasteiger partial charge in [-0.3, -0.25) is 9.63 Å². The largest absolute Gasteiger partial charge is 0.479 e. The Morgan fingerprint density at radius 1 is 1.21 bits per heavy atom. The maximum Gasteiger partial charge on any atom is 0.339 e. The average molecular weight is 528 g/mol. The van der Waals surface area contributed by atoms with E-state index in [0.717, 1.165) is 12.8 Å². The fourth-order valence-corrected chi connectivity index (χ4v) is 8.90. The van der Waals surface area contributed by atoms with Gasteiger partial charge in [-0.2, -0.15) is 5.06 Å². The van der Waals surface area contributed by atoms with E-state index < -0.39 is 57.8 Å². The van der Waals surface area contributed by atoms with Crippen molar-refractivity contribution < 1.29 is 33.4 Å². The van der Waals surface area contributed by atoms with Gasteiger partial charge in [-0.25, -0.2) is 13.6 Å². The van der Waals surface area contributed by atoms with Crippen LogP contribution in [0.4, 0.5) is 8.78 Å². The summed E-state index contributed by atoms with van der Waals surface area (Å²) < 4.78 is 32.9. The molecular formula is C30H35F2NO5. The molecule has 0 bridgehead atoms. The third-order valence-corrected chi connectivity index (χ3v) is 10.7. The van der Waals surface area contributed by atoms with Crippen LogP contribution in [0, 0.1) is 28.6 Å². The van der Waals surface area contributed by atoms with Crippen molar-refractivity contribution in [2.24, 2.45) is 28.6 Å². The molecule has 0 amide bonds. The standard InChI is InChI=1S/C30H35F2NO5/c1-27-11-10-20(34)14-23(27)24(31)15-22-21-13-19-17-33(12-6-9-18-7-4-3-5-8-18)38-30(19,26(36)37)28(21,2)16-25(35)29(22,27)32/h3-5,7-8,10-11,19,21-22,25,35H,6,9,12-17H2,1-2H3,(H,36,37)/t19-,21-,22-,25-,27-,28-,29-,30-/m0/s1. The minimum Gasteiger partial charge on any atom is -0.479 e. The number of nitrogens with zero attached hydrogens (tertiary/aromatic N) is 1. The van der Waals surface area contributed by atoms with E-state index >= 15 is 8.78 Å². The highest BCUT2D eigenvalue weighted by Crippen LogP contribution is 2.72. The molecule has 8 atom stereocenters. The number of carbonyl (C=O) groups is 2. The predicted octanol–water partition coefficient (Wildman–Crippen LogP) is 4.58. The topological polar surface area (TPSA) is 87.1 Å². The summed E-state index contributed by atoms with van der Waals surface area (Å²) >= 11 is 0. The van der Waals surface area contributed by atoms with Gasteiger partial charge in [0.25, 0.3) is 0 Å². The Labute approximate surface area is 221 Å². The zero-order chi connectivity index (χ0) is 27.1. The van der Waals surface area contributed by atoms with Crippen LogP contribution < -0.4 is 0 Å². The van der Waals surface area contributed by atoms with E-state index in [1.54, 1.807) is 18.9 Å². The van der Waals surface area contributed by atoms with Gasteiger partial charge in [-0.05, 0) is 55.7 Å². The molecule has 2 saturated carbocycles. The number of hydrogen-bond acceptors (Lipinski definition) is 5. The lowest BCUT2D eigenvalue weighted by Gasteiger charge is -2.62. The summed E-state index contributed by atoms with van der Waals surface area (Å²) in [5, 5.41) is 23.8. The van der Waals surface area contributed by atoms with E-state index in [1.807, 2.05) is 18.2 Å². The van der Waals surface area contributed by atoms with Crippen LogP contribution in [0.1, 0.15) is 51.5 Å². The average Bonchev–Trinajstić information content (AvgIpc) is 3.36. The molecule has 6 rings (SSSR count). The van der Waals surface area contributed by atoms with Crippen molar-refractivity contribution in [2.45, 2.75) is 69.7 Å². The van der Waals surface area contributed by atoms with Gasteiger partial charge in [0.05, 0.1) is 6.10 Å². The highest BCUT2D eigenvalue weighted by molar-refractivity contribution is 5.93. The fraction of sp³-hybridized carbons (Fsp3) is 0.600. The molecule has 204 valence electrons. The molecule has 2 N–H and O–H groups in total. The Kier molecular flexibility index (Phi) is 5.80. The second-order valence-corrected chi connectivity index (χ2v) is 12.4. The van der Waals surface area contributed by atoms with Crippen LogP contribution in [-0.2, 0) is 20.8 Å². The molecule has 1 aromatic carbocycles. The second-order valence-electron chi connectivity index (χ2n) is 12.4. The molecule has 38 heavy (non-hydrogen) atoms. The fourth-order valence-electron chi connectivity index (χ4n) is 8.90. The minimum absolute atomic E-state index is 0.110. The summed E-state index contributed by atoms with van der Waals surface area (Å²) in [6.07, 6.45) is 2.61. The number of aliphatic hydroxyl groups is 1. The van der Waals surface area contributed by atoms with Crippen LogP contribution in [0.5, 0.6) is 0 Å². The van der Waals surface area contributed by atoms with E-state index in [9.17, 15) is 19.8 Å². The van der Waals surface area contributed by atoms with Gasteiger partial charge in [0.2, 0.25) is 0 Å². The van der Waals surface area contributed by atoms with Crippen molar-refractivity contribution in [2.75, 3.05) is 13.1 Å². The first-order valence-electron chi connectivity index (χ1n) is 13.7. The Morgan fingerprint density at radius 2 is 1.95 bits per heavy atom. The van der Waals surface area contributed by atoms with Gasteiger partial charge in [0.1, 0.15) is 5.83 Å².